The molecule has 0 atom stereocenters. The minimum absolute atomic E-state index is 0.156. The molecule has 0 amide bonds. The van der Waals surface area contributed by atoms with Crippen LogP contribution in [0, 0.1) is 11.3 Å². The SMILES string of the molecule is CN(Cc1ccc(Br)s1)C1(C#N)CC1. The van der Waals surface area contributed by atoms with Gasteiger partial charge in [-0.3, -0.25) is 4.90 Å². The highest BCUT2D eigenvalue weighted by Crippen LogP contribution is 2.41. The van der Waals surface area contributed by atoms with Gasteiger partial charge in [0.1, 0.15) is 5.54 Å². The van der Waals surface area contributed by atoms with Crippen LogP contribution in [0.2, 0.25) is 0 Å². The molecule has 0 bridgehead atoms. The predicted molar refractivity (Wildman–Crippen MR) is 61.1 cm³/mol. The molecule has 14 heavy (non-hydrogen) atoms. The van der Waals surface area contributed by atoms with Gasteiger partial charge in [-0.2, -0.15) is 5.26 Å². The van der Waals surface area contributed by atoms with E-state index in [9.17, 15) is 0 Å². The van der Waals surface area contributed by atoms with Crippen molar-refractivity contribution < 1.29 is 0 Å². The summed E-state index contributed by atoms with van der Waals surface area (Å²) in [4.78, 5) is 3.46. The summed E-state index contributed by atoms with van der Waals surface area (Å²) in [6.07, 6.45) is 2.04. The van der Waals surface area contributed by atoms with E-state index < -0.39 is 0 Å². The minimum atomic E-state index is -0.156. The van der Waals surface area contributed by atoms with Crippen LogP contribution in [0.5, 0.6) is 0 Å². The van der Waals surface area contributed by atoms with Gasteiger partial charge in [0.05, 0.1) is 9.86 Å². The normalized spacial score (nSPS) is 18.1. The lowest BCUT2D eigenvalue weighted by Gasteiger charge is -2.20. The summed E-state index contributed by atoms with van der Waals surface area (Å²) in [7, 11) is 2.03. The van der Waals surface area contributed by atoms with Gasteiger partial charge in [0.15, 0.2) is 0 Å². The van der Waals surface area contributed by atoms with Crippen molar-refractivity contribution in [2.75, 3.05) is 7.05 Å². The molecule has 0 saturated heterocycles. The molecule has 1 heterocycles. The van der Waals surface area contributed by atoms with Crippen LogP contribution in [0.1, 0.15) is 17.7 Å². The van der Waals surface area contributed by atoms with Gasteiger partial charge in [0.25, 0.3) is 0 Å². The third-order valence-corrected chi connectivity index (χ3v) is 4.29. The molecule has 0 unspecified atom stereocenters. The molecular weight excluding hydrogens is 260 g/mol. The highest BCUT2D eigenvalue weighted by atomic mass is 79.9. The van der Waals surface area contributed by atoms with Crippen molar-refractivity contribution in [3.8, 4) is 6.07 Å². The van der Waals surface area contributed by atoms with Gasteiger partial charge in [-0.15, -0.1) is 11.3 Å². The maximum absolute atomic E-state index is 9.01. The van der Waals surface area contributed by atoms with Gasteiger partial charge in [-0.05, 0) is 48.0 Å². The Balaban J connectivity index is 2.02. The first kappa shape index (κ1) is 10.2. The van der Waals surface area contributed by atoms with E-state index in [4.69, 9.17) is 5.26 Å². The largest absolute Gasteiger partial charge is 0.283 e. The van der Waals surface area contributed by atoms with Crippen LogP contribution < -0.4 is 0 Å². The Morgan fingerprint density at radius 3 is 2.79 bits per heavy atom. The molecule has 2 rings (SSSR count). The zero-order chi connectivity index (χ0) is 10.2. The second-order valence-corrected chi connectivity index (χ2v) is 6.25. The fraction of sp³-hybridized carbons (Fsp3) is 0.500. The number of nitrogens with zero attached hydrogens (tertiary/aromatic N) is 2. The number of thiophene rings is 1. The minimum Gasteiger partial charge on any atom is -0.283 e. The fourth-order valence-corrected chi connectivity index (χ4v) is 3.06. The van der Waals surface area contributed by atoms with Crippen LogP contribution >= 0.6 is 27.3 Å². The summed E-state index contributed by atoms with van der Waals surface area (Å²) < 4.78 is 1.16. The van der Waals surface area contributed by atoms with Gasteiger partial charge < -0.3 is 0 Å². The summed E-state index contributed by atoms with van der Waals surface area (Å²) in [5, 5.41) is 9.01. The number of halogens is 1. The molecule has 0 aromatic carbocycles. The summed E-state index contributed by atoms with van der Waals surface area (Å²) in [5.74, 6) is 0. The molecule has 2 nitrogen and oxygen atoms in total. The molecule has 0 N–H and O–H groups in total. The molecule has 74 valence electrons. The van der Waals surface area contributed by atoms with Crippen molar-refractivity contribution in [1.29, 1.82) is 5.26 Å². The third kappa shape index (κ3) is 1.85. The van der Waals surface area contributed by atoms with Gasteiger partial charge >= 0.3 is 0 Å². The smallest absolute Gasteiger partial charge is 0.109 e. The van der Waals surface area contributed by atoms with Crippen LogP contribution in [-0.2, 0) is 6.54 Å². The molecule has 1 aliphatic rings. The van der Waals surface area contributed by atoms with Crippen molar-refractivity contribution in [3.05, 3.63) is 20.8 Å². The first-order valence-corrected chi connectivity index (χ1v) is 6.14. The van der Waals surface area contributed by atoms with E-state index in [1.807, 2.05) is 7.05 Å². The van der Waals surface area contributed by atoms with Crippen molar-refractivity contribution >= 4 is 27.3 Å². The van der Waals surface area contributed by atoms with Gasteiger partial charge in [0, 0.05) is 11.4 Å². The number of hydrogen-bond donors (Lipinski definition) is 0. The lowest BCUT2D eigenvalue weighted by atomic mass is 10.2. The predicted octanol–water partition coefficient (Wildman–Crippen LogP) is 3.00. The first-order valence-electron chi connectivity index (χ1n) is 4.53. The van der Waals surface area contributed by atoms with E-state index in [2.05, 4.69) is 39.0 Å². The Morgan fingerprint density at radius 1 is 1.64 bits per heavy atom. The quantitative estimate of drug-likeness (QED) is 0.845. The Bertz CT molecular complexity index is 376. The topological polar surface area (TPSA) is 27.0 Å². The summed E-state index contributed by atoms with van der Waals surface area (Å²) in [5.41, 5.74) is -0.156. The van der Waals surface area contributed by atoms with Crippen molar-refractivity contribution in [2.24, 2.45) is 0 Å². The lowest BCUT2D eigenvalue weighted by Crippen LogP contribution is -2.31. The highest BCUT2D eigenvalue weighted by Gasteiger charge is 2.46. The van der Waals surface area contributed by atoms with Crippen molar-refractivity contribution in [2.45, 2.75) is 24.9 Å². The second-order valence-electron chi connectivity index (χ2n) is 3.71. The summed E-state index contributed by atoms with van der Waals surface area (Å²) >= 11 is 5.18. The first-order chi connectivity index (χ1) is 6.66. The number of rotatable bonds is 3. The monoisotopic (exact) mass is 270 g/mol. The van der Waals surface area contributed by atoms with E-state index in [1.165, 1.54) is 4.88 Å². The van der Waals surface area contributed by atoms with E-state index in [1.54, 1.807) is 11.3 Å². The Hall–Kier alpha value is -0.370. The molecular formula is C10H11BrN2S. The standard InChI is InChI=1S/C10H11BrN2S/c1-13(10(7-12)4-5-10)6-8-2-3-9(11)14-8/h2-3H,4-6H2,1H3. The average molecular weight is 271 g/mol. The lowest BCUT2D eigenvalue weighted by molar-refractivity contribution is 0.264. The molecule has 4 heteroatoms. The van der Waals surface area contributed by atoms with Crippen molar-refractivity contribution in [3.63, 3.8) is 0 Å². The molecule has 1 aromatic heterocycles. The van der Waals surface area contributed by atoms with Crippen LogP contribution in [0.25, 0.3) is 0 Å². The highest BCUT2D eigenvalue weighted by molar-refractivity contribution is 9.11. The van der Waals surface area contributed by atoms with E-state index in [0.717, 1.165) is 23.2 Å². The number of hydrogen-bond acceptors (Lipinski definition) is 3. The van der Waals surface area contributed by atoms with Gasteiger partial charge in [-0.1, -0.05) is 0 Å². The summed E-state index contributed by atoms with van der Waals surface area (Å²) in [6.45, 7) is 0.879. The molecule has 1 aromatic rings. The van der Waals surface area contributed by atoms with Crippen LogP contribution in [0.15, 0.2) is 15.9 Å². The molecule has 1 fully saturated rings. The van der Waals surface area contributed by atoms with Crippen LogP contribution in [0.4, 0.5) is 0 Å². The van der Waals surface area contributed by atoms with E-state index >= 15 is 0 Å². The summed E-state index contributed by atoms with van der Waals surface area (Å²) in [6, 6.07) is 6.56. The van der Waals surface area contributed by atoms with Crippen LogP contribution in [-0.4, -0.2) is 17.5 Å². The van der Waals surface area contributed by atoms with E-state index in [-0.39, 0.29) is 5.54 Å². The average Bonchev–Trinajstić information content (AvgIpc) is 2.87. The Labute approximate surface area is 96.3 Å². The maximum Gasteiger partial charge on any atom is 0.109 e. The van der Waals surface area contributed by atoms with Crippen LogP contribution in [0.3, 0.4) is 0 Å². The molecule has 0 radical (unpaired) electrons. The number of nitriles is 1. The van der Waals surface area contributed by atoms with Crippen molar-refractivity contribution in [1.82, 2.24) is 4.90 Å². The molecule has 1 aliphatic carbocycles. The van der Waals surface area contributed by atoms with Gasteiger partial charge in [-0.25, -0.2) is 0 Å². The maximum atomic E-state index is 9.01. The zero-order valence-corrected chi connectivity index (χ0v) is 10.4. The van der Waals surface area contributed by atoms with E-state index in [0.29, 0.717) is 0 Å². The molecule has 0 aliphatic heterocycles. The third-order valence-electron chi connectivity index (χ3n) is 2.68. The second kappa shape index (κ2) is 3.65. The molecule has 1 saturated carbocycles. The zero-order valence-electron chi connectivity index (χ0n) is 7.96. The molecule has 0 spiro atoms. The fourth-order valence-electron chi connectivity index (χ4n) is 1.52. The Kier molecular flexibility index (Phi) is 2.65. The van der Waals surface area contributed by atoms with Gasteiger partial charge in [0.2, 0.25) is 0 Å². The Morgan fingerprint density at radius 2 is 2.36 bits per heavy atom.